The minimum Gasteiger partial charge on any atom is -0.497 e. The zero-order valence-corrected chi connectivity index (χ0v) is 23.7. The van der Waals surface area contributed by atoms with E-state index in [1.165, 1.54) is 17.2 Å². The number of halogens is 1. The van der Waals surface area contributed by atoms with Crippen molar-refractivity contribution in [1.29, 1.82) is 0 Å². The van der Waals surface area contributed by atoms with E-state index in [2.05, 4.69) is 39.0 Å². The van der Waals surface area contributed by atoms with E-state index in [0.29, 0.717) is 17.9 Å². The van der Waals surface area contributed by atoms with Crippen molar-refractivity contribution in [3.05, 3.63) is 82.7 Å². The van der Waals surface area contributed by atoms with Crippen LogP contribution in [0.4, 0.5) is 4.39 Å². The minimum atomic E-state index is -0.308. The van der Waals surface area contributed by atoms with Crippen LogP contribution in [0, 0.1) is 17.2 Å². The van der Waals surface area contributed by atoms with Gasteiger partial charge in [0.05, 0.1) is 13.2 Å². The third kappa shape index (κ3) is 5.09. The van der Waals surface area contributed by atoms with Gasteiger partial charge in [-0.3, -0.25) is 0 Å². The lowest BCUT2D eigenvalue weighted by Gasteiger charge is -2.51. The van der Waals surface area contributed by atoms with E-state index in [4.69, 9.17) is 14.2 Å². The van der Waals surface area contributed by atoms with Crippen LogP contribution in [-0.4, -0.2) is 20.5 Å². The number of carbonyl (C=O) groups excluding carboxylic acids is 1. The van der Waals surface area contributed by atoms with E-state index in [0.717, 1.165) is 60.8 Å². The van der Waals surface area contributed by atoms with Crippen LogP contribution in [0.5, 0.6) is 11.5 Å². The summed E-state index contributed by atoms with van der Waals surface area (Å²) in [4.78, 5) is 11.8. The van der Waals surface area contributed by atoms with Crippen molar-refractivity contribution in [2.75, 3.05) is 14.2 Å². The summed E-state index contributed by atoms with van der Waals surface area (Å²) in [7, 11) is 3.28. The molecule has 1 fully saturated rings. The van der Waals surface area contributed by atoms with Crippen LogP contribution >= 0.6 is 0 Å². The number of benzene rings is 3. The maximum Gasteiger partial charge on any atom is 0.131 e. The standard InChI is InChI=1S/C34H39FO4/c1-33(2,3)32(38-5)29-17-22(8-12-27(29)28-18-25(37-4)11-13-31(28)35)21-39-26-10-9-23-7-6-15-34(30(23)19-26)16-14-24(34)20-36/h8-13,17-20,24,32H,6-7,14-16,21H2,1-5H3/t24-,32+,34-/m0/s1. The number of rotatable bonds is 8. The summed E-state index contributed by atoms with van der Waals surface area (Å²) in [6.45, 7) is 6.72. The summed E-state index contributed by atoms with van der Waals surface area (Å²) in [6.07, 6.45) is 6.20. The van der Waals surface area contributed by atoms with E-state index < -0.39 is 0 Å². The Kier molecular flexibility index (Phi) is 7.56. The first-order valence-corrected chi connectivity index (χ1v) is 13.9. The van der Waals surface area contributed by atoms with Crippen molar-refractivity contribution in [3.63, 3.8) is 0 Å². The molecule has 206 valence electrons. The molecule has 0 N–H and O–H groups in total. The Morgan fingerprint density at radius 2 is 1.79 bits per heavy atom. The van der Waals surface area contributed by atoms with E-state index in [-0.39, 0.29) is 28.7 Å². The molecule has 0 aliphatic heterocycles. The molecule has 39 heavy (non-hydrogen) atoms. The van der Waals surface area contributed by atoms with Gasteiger partial charge in [0.1, 0.15) is 30.2 Å². The fourth-order valence-corrected chi connectivity index (χ4v) is 6.67. The van der Waals surface area contributed by atoms with Gasteiger partial charge in [0.2, 0.25) is 0 Å². The van der Waals surface area contributed by atoms with Crippen LogP contribution in [0.3, 0.4) is 0 Å². The molecule has 0 saturated heterocycles. The van der Waals surface area contributed by atoms with Crippen LogP contribution in [0.1, 0.15) is 74.8 Å². The second-order valence-corrected chi connectivity index (χ2v) is 12.1. The molecular weight excluding hydrogens is 491 g/mol. The predicted molar refractivity (Wildman–Crippen MR) is 152 cm³/mol. The zero-order valence-electron chi connectivity index (χ0n) is 23.7. The summed E-state index contributed by atoms with van der Waals surface area (Å²) < 4.78 is 32.7. The molecule has 2 aliphatic rings. The van der Waals surface area contributed by atoms with Gasteiger partial charge < -0.3 is 19.0 Å². The number of aldehydes is 1. The highest BCUT2D eigenvalue weighted by Gasteiger charge is 2.49. The lowest BCUT2D eigenvalue weighted by Crippen LogP contribution is -2.47. The Hall–Kier alpha value is -3.18. The Balaban J connectivity index is 1.47. The molecular formula is C34H39FO4. The van der Waals surface area contributed by atoms with Crippen LogP contribution < -0.4 is 9.47 Å². The second-order valence-electron chi connectivity index (χ2n) is 12.1. The van der Waals surface area contributed by atoms with Gasteiger partial charge >= 0.3 is 0 Å². The number of methoxy groups -OCH3 is 2. The SMILES string of the molecule is COc1ccc(F)c(-c2ccc(COc3ccc4c(c3)[C@@]3(CCC4)CC[C@H]3C=O)cc2[C@@H](OC)C(C)(C)C)c1. The molecule has 0 unspecified atom stereocenters. The fourth-order valence-electron chi connectivity index (χ4n) is 6.67. The summed E-state index contributed by atoms with van der Waals surface area (Å²) in [5, 5.41) is 0. The van der Waals surface area contributed by atoms with Crippen LogP contribution in [0.2, 0.25) is 0 Å². The molecule has 5 rings (SSSR count). The van der Waals surface area contributed by atoms with Gasteiger partial charge in [-0.25, -0.2) is 4.39 Å². The summed E-state index contributed by atoms with van der Waals surface area (Å²) >= 11 is 0. The highest BCUT2D eigenvalue weighted by Crippen LogP contribution is 2.55. The minimum absolute atomic E-state index is 0.0112. The number of carbonyl (C=O) groups is 1. The molecule has 2 aliphatic carbocycles. The van der Waals surface area contributed by atoms with Gasteiger partial charge in [-0.15, -0.1) is 0 Å². The van der Waals surface area contributed by atoms with E-state index in [9.17, 15) is 4.79 Å². The van der Waals surface area contributed by atoms with Crippen molar-refractivity contribution in [1.82, 2.24) is 0 Å². The maximum absolute atomic E-state index is 15.1. The zero-order chi connectivity index (χ0) is 27.8. The largest absolute Gasteiger partial charge is 0.497 e. The Labute approximate surface area is 231 Å². The first-order valence-electron chi connectivity index (χ1n) is 13.9. The van der Waals surface area contributed by atoms with Crippen LogP contribution in [0.25, 0.3) is 11.1 Å². The number of hydrogen-bond donors (Lipinski definition) is 0. The summed E-state index contributed by atoms with van der Waals surface area (Å²) in [5.74, 6) is 1.22. The average Bonchev–Trinajstić information content (AvgIpc) is 2.91. The van der Waals surface area contributed by atoms with Crippen molar-refractivity contribution < 1.29 is 23.4 Å². The quantitative estimate of drug-likeness (QED) is 0.277. The van der Waals surface area contributed by atoms with Crippen molar-refractivity contribution in [2.45, 2.75) is 71.0 Å². The van der Waals surface area contributed by atoms with Gasteiger partial charge in [-0.2, -0.15) is 0 Å². The Bertz CT molecular complexity index is 1360. The maximum atomic E-state index is 15.1. The second kappa shape index (κ2) is 10.8. The summed E-state index contributed by atoms with van der Waals surface area (Å²) in [5.41, 5.74) is 5.56. The molecule has 3 atom stereocenters. The molecule has 4 nitrogen and oxygen atoms in total. The van der Waals surface area contributed by atoms with E-state index >= 15 is 4.39 Å². The highest BCUT2D eigenvalue weighted by molar-refractivity contribution is 5.70. The van der Waals surface area contributed by atoms with Gasteiger partial charge in [0, 0.05) is 24.0 Å². The molecule has 0 bridgehead atoms. The molecule has 5 heteroatoms. The smallest absolute Gasteiger partial charge is 0.131 e. The Morgan fingerprint density at radius 3 is 2.46 bits per heavy atom. The van der Waals surface area contributed by atoms with Crippen molar-refractivity contribution >= 4 is 6.29 Å². The molecule has 0 aromatic heterocycles. The first-order chi connectivity index (χ1) is 18.7. The van der Waals surface area contributed by atoms with Gasteiger partial charge in [-0.1, -0.05) is 39.0 Å². The van der Waals surface area contributed by atoms with Crippen LogP contribution in [-0.2, 0) is 28.0 Å². The summed E-state index contributed by atoms with van der Waals surface area (Å²) in [6, 6.07) is 17.2. The van der Waals surface area contributed by atoms with Crippen molar-refractivity contribution in [2.24, 2.45) is 11.3 Å². The van der Waals surface area contributed by atoms with E-state index in [1.807, 2.05) is 18.2 Å². The number of ether oxygens (including phenoxy) is 3. The lowest BCUT2D eigenvalue weighted by molar-refractivity contribution is -0.117. The number of fused-ring (bicyclic) bond motifs is 2. The first kappa shape index (κ1) is 27.4. The molecule has 3 aromatic rings. The fraction of sp³-hybridized carbons (Fsp3) is 0.441. The molecule has 3 aromatic carbocycles. The monoisotopic (exact) mass is 530 g/mol. The Morgan fingerprint density at radius 1 is 1.00 bits per heavy atom. The normalized spacial score (nSPS) is 21.1. The lowest BCUT2D eigenvalue weighted by atomic mass is 9.52. The molecule has 0 amide bonds. The van der Waals surface area contributed by atoms with Crippen molar-refractivity contribution in [3.8, 4) is 22.6 Å². The van der Waals surface area contributed by atoms with Gasteiger partial charge in [-0.05, 0) is 102 Å². The number of aryl methyl sites for hydroxylation is 1. The highest BCUT2D eigenvalue weighted by atomic mass is 19.1. The van der Waals surface area contributed by atoms with Crippen LogP contribution in [0.15, 0.2) is 54.6 Å². The molecule has 1 spiro atoms. The molecule has 0 radical (unpaired) electrons. The topological polar surface area (TPSA) is 44.8 Å². The van der Waals surface area contributed by atoms with E-state index in [1.54, 1.807) is 26.4 Å². The third-order valence-corrected chi connectivity index (χ3v) is 8.75. The average molecular weight is 531 g/mol. The van der Waals surface area contributed by atoms with Gasteiger partial charge in [0.15, 0.2) is 0 Å². The van der Waals surface area contributed by atoms with Gasteiger partial charge in [0.25, 0.3) is 0 Å². The predicted octanol–water partition coefficient (Wildman–Crippen LogP) is 8.00. The third-order valence-electron chi connectivity index (χ3n) is 8.75. The molecule has 0 heterocycles. The number of hydrogen-bond acceptors (Lipinski definition) is 4. The molecule has 1 saturated carbocycles.